The van der Waals surface area contributed by atoms with Gasteiger partial charge in [0, 0.05) is 25.6 Å². The summed E-state index contributed by atoms with van der Waals surface area (Å²) in [6.45, 7) is 7.88. The number of hydrogen-bond donors (Lipinski definition) is 2. The first kappa shape index (κ1) is 21.0. The molecule has 21 heavy (non-hydrogen) atoms. The van der Waals surface area contributed by atoms with E-state index in [4.69, 9.17) is 0 Å². The van der Waals surface area contributed by atoms with Crippen molar-refractivity contribution in [1.82, 2.24) is 15.5 Å². The SMILES string of the molecule is CCCN1CCC(NC(=O)CC2CCNCC2)CC1.Cl.Cl. The van der Waals surface area contributed by atoms with E-state index in [0.29, 0.717) is 12.0 Å². The number of piperidine rings is 2. The smallest absolute Gasteiger partial charge is 0.220 e. The molecule has 0 aromatic heterocycles. The third kappa shape index (κ3) is 7.68. The number of rotatable bonds is 5. The van der Waals surface area contributed by atoms with E-state index >= 15 is 0 Å². The molecule has 126 valence electrons. The van der Waals surface area contributed by atoms with E-state index in [0.717, 1.165) is 58.3 Å². The second kappa shape index (κ2) is 11.5. The molecule has 0 aliphatic carbocycles. The molecule has 6 heteroatoms. The third-order valence-electron chi connectivity index (χ3n) is 4.43. The number of likely N-dealkylation sites (tertiary alicyclic amines) is 1. The minimum atomic E-state index is 0. The van der Waals surface area contributed by atoms with Crippen molar-refractivity contribution in [3.63, 3.8) is 0 Å². The molecule has 0 aromatic rings. The number of carbonyl (C=O) groups is 1. The van der Waals surface area contributed by atoms with Crippen molar-refractivity contribution >= 4 is 30.7 Å². The highest BCUT2D eigenvalue weighted by molar-refractivity contribution is 5.85. The molecule has 4 nitrogen and oxygen atoms in total. The molecule has 0 saturated carbocycles. The van der Waals surface area contributed by atoms with Gasteiger partial charge in [0.1, 0.15) is 0 Å². The van der Waals surface area contributed by atoms with Crippen LogP contribution in [0.3, 0.4) is 0 Å². The van der Waals surface area contributed by atoms with Gasteiger partial charge < -0.3 is 15.5 Å². The quantitative estimate of drug-likeness (QED) is 0.807. The lowest BCUT2D eigenvalue weighted by molar-refractivity contribution is -0.123. The van der Waals surface area contributed by atoms with Gasteiger partial charge in [0.15, 0.2) is 0 Å². The molecule has 0 aromatic carbocycles. The molecule has 0 unspecified atom stereocenters. The van der Waals surface area contributed by atoms with Gasteiger partial charge in [-0.25, -0.2) is 0 Å². The van der Waals surface area contributed by atoms with E-state index in [2.05, 4.69) is 22.5 Å². The molecule has 1 amide bonds. The number of amides is 1. The summed E-state index contributed by atoms with van der Waals surface area (Å²) in [6, 6.07) is 0.419. The lowest BCUT2D eigenvalue weighted by Gasteiger charge is -2.32. The van der Waals surface area contributed by atoms with E-state index in [9.17, 15) is 4.79 Å². The maximum atomic E-state index is 12.0. The Kier molecular flexibility index (Phi) is 11.5. The van der Waals surface area contributed by atoms with Gasteiger partial charge in [-0.15, -0.1) is 24.8 Å². The lowest BCUT2D eigenvalue weighted by atomic mass is 9.94. The molecule has 2 aliphatic heterocycles. The van der Waals surface area contributed by atoms with Crippen LogP contribution < -0.4 is 10.6 Å². The van der Waals surface area contributed by atoms with Gasteiger partial charge in [0.05, 0.1) is 0 Å². The fourth-order valence-corrected chi connectivity index (χ4v) is 3.25. The van der Waals surface area contributed by atoms with Gasteiger partial charge in [-0.3, -0.25) is 4.79 Å². The van der Waals surface area contributed by atoms with Crippen molar-refractivity contribution in [2.24, 2.45) is 5.92 Å². The van der Waals surface area contributed by atoms with Crippen LogP contribution in [0.4, 0.5) is 0 Å². The molecular formula is C15H31Cl2N3O. The molecule has 2 saturated heterocycles. The summed E-state index contributed by atoms with van der Waals surface area (Å²) < 4.78 is 0. The van der Waals surface area contributed by atoms with Crippen LogP contribution in [-0.2, 0) is 4.79 Å². The standard InChI is InChI=1S/C15H29N3O.2ClH/c1-2-9-18-10-5-14(6-11-18)17-15(19)12-13-3-7-16-8-4-13;;/h13-14,16H,2-12H2,1H3,(H,17,19);2*1H. The monoisotopic (exact) mass is 339 g/mol. The van der Waals surface area contributed by atoms with Crippen LogP contribution in [0, 0.1) is 5.92 Å². The molecule has 2 fully saturated rings. The minimum Gasteiger partial charge on any atom is -0.353 e. The van der Waals surface area contributed by atoms with Crippen LogP contribution >= 0.6 is 24.8 Å². The summed E-state index contributed by atoms with van der Waals surface area (Å²) in [7, 11) is 0. The number of nitrogens with one attached hydrogen (secondary N) is 2. The molecule has 0 atom stereocenters. The molecule has 2 aliphatic rings. The number of nitrogens with zero attached hydrogens (tertiary/aromatic N) is 1. The highest BCUT2D eigenvalue weighted by Gasteiger charge is 2.22. The zero-order valence-electron chi connectivity index (χ0n) is 13.1. The Hall–Kier alpha value is -0.0300. The van der Waals surface area contributed by atoms with E-state index < -0.39 is 0 Å². The molecule has 0 radical (unpaired) electrons. The van der Waals surface area contributed by atoms with Crippen LogP contribution in [0.1, 0.15) is 45.4 Å². The van der Waals surface area contributed by atoms with Crippen molar-refractivity contribution in [1.29, 1.82) is 0 Å². The zero-order chi connectivity index (χ0) is 13.5. The summed E-state index contributed by atoms with van der Waals surface area (Å²) in [4.78, 5) is 14.6. The minimum absolute atomic E-state index is 0. The van der Waals surface area contributed by atoms with Gasteiger partial charge in [-0.1, -0.05) is 6.92 Å². The van der Waals surface area contributed by atoms with Crippen LogP contribution in [0.15, 0.2) is 0 Å². The molecule has 2 N–H and O–H groups in total. The van der Waals surface area contributed by atoms with Crippen LogP contribution in [0.25, 0.3) is 0 Å². The number of carbonyl (C=O) groups excluding carboxylic acids is 1. The zero-order valence-corrected chi connectivity index (χ0v) is 14.7. The van der Waals surface area contributed by atoms with Crippen LogP contribution in [-0.4, -0.2) is 49.6 Å². The summed E-state index contributed by atoms with van der Waals surface area (Å²) in [5, 5.41) is 6.59. The van der Waals surface area contributed by atoms with Crippen molar-refractivity contribution in [2.45, 2.75) is 51.5 Å². The second-order valence-electron chi connectivity index (χ2n) is 6.08. The number of halogens is 2. The Morgan fingerprint density at radius 3 is 2.33 bits per heavy atom. The van der Waals surface area contributed by atoms with Gasteiger partial charge in [0.25, 0.3) is 0 Å². The molecule has 0 spiro atoms. The Labute approximate surface area is 141 Å². The molecule has 2 rings (SSSR count). The first-order valence-electron chi connectivity index (χ1n) is 8.00. The van der Waals surface area contributed by atoms with Crippen molar-refractivity contribution in [3.05, 3.63) is 0 Å². The van der Waals surface area contributed by atoms with Gasteiger partial charge in [0.2, 0.25) is 5.91 Å². The Morgan fingerprint density at radius 2 is 1.76 bits per heavy atom. The average Bonchev–Trinajstić information content (AvgIpc) is 2.42. The van der Waals surface area contributed by atoms with Crippen LogP contribution in [0.2, 0.25) is 0 Å². The van der Waals surface area contributed by atoms with Crippen molar-refractivity contribution < 1.29 is 4.79 Å². The molecule has 0 bridgehead atoms. The second-order valence-corrected chi connectivity index (χ2v) is 6.08. The Bertz CT molecular complexity index is 278. The normalized spacial score (nSPS) is 21.2. The van der Waals surface area contributed by atoms with Gasteiger partial charge >= 0.3 is 0 Å². The van der Waals surface area contributed by atoms with E-state index in [1.54, 1.807) is 0 Å². The summed E-state index contributed by atoms with van der Waals surface area (Å²) in [5.74, 6) is 0.877. The summed E-state index contributed by atoms with van der Waals surface area (Å²) >= 11 is 0. The highest BCUT2D eigenvalue weighted by Crippen LogP contribution is 2.16. The maximum Gasteiger partial charge on any atom is 0.220 e. The topological polar surface area (TPSA) is 44.4 Å². The fraction of sp³-hybridized carbons (Fsp3) is 0.933. The Balaban J connectivity index is 0.00000200. The van der Waals surface area contributed by atoms with Crippen molar-refractivity contribution in [2.75, 3.05) is 32.7 Å². The maximum absolute atomic E-state index is 12.0. The highest BCUT2D eigenvalue weighted by atomic mass is 35.5. The van der Waals surface area contributed by atoms with E-state index in [-0.39, 0.29) is 30.7 Å². The largest absolute Gasteiger partial charge is 0.353 e. The van der Waals surface area contributed by atoms with Crippen molar-refractivity contribution in [3.8, 4) is 0 Å². The lowest BCUT2D eigenvalue weighted by Crippen LogP contribution is -2.45. The predicted octanol–water partition coefficient (Wildman–Crippen LogP) is 2.21. The van der Waals surface area contributed by atoms with Gasteiger partial charge in [-0.05, 0) is 57.7 Å². The van der Waals surface area contributed by atoms with Crippen LogP contribution in [0.5, 0.6) is 0 Å². The molecule has 2 heterocycles. The summed E-state index contributed by atoms with van der Waals surface area (Å²) in [5.41, 5.74) is 0. The Morgan fingerprint density at radius 1 is 1.14 bits per heavy atom. The third-order valence-corrected chi connectivity index (χ3v) is 4.43. The summed E-state index contributed by atoms with van der Waals surface area (Å²) in [6.07, 6.45) is 6.52. The van der Waals surface area contributed by atoms with E-state index in [1.165, 1.54) is 13.0 Å². The molecular weight excluding hydrogens is 309 g/mol. The fourth-order valence-electron chi connectivity index (χ4n) is 3.25. The van der Waals surface area contributed by atoms with Gasteiger partial charge in [-0.2, -0.15) is 0 Å². The first-order valence-corrected chi connectivity index (χ1v) is 8.00. The average molecular weight is 340 g/mol. The predicted molar refractivity (Wildman–Crippen MR) is 92.6 cm³/mol. The first-order chi connectivity index (χ1) is 9.28. The number of hydrogen-bond acceptors (Lipinski definition) is 3. The van der Waals surface area contributed by atoms with E-state index in [1.807, 2.05) is 0 Å².